The quantitative estimate of drug-likeness (QED) is 0.695. The summed E-state index contributed by atoms with van der Waals surface area (Å²) < 4.78 is 5.39. The summed E-state index contributed by atoms with van der Waals surface area (Å²) in [4.78, 5) is 11.1. The standard InChI is InChI=1S/C12H18N2O2/c1-10(13)12(15)14-7-8-16-9-11-5-3-2-4-6-11/h2-6,10H,7-9,13H2,1H3,(H,14,15)/t10-/m0/s1. The van der Waals surface area contributed by atoms with Gasteiger partial charge in [0.15, 0.2) is 0 Å². The molecule has 0 saturated heterocycles. The van der Waals surface area contributed by atoms with Crippen LogP contribution in [0.25, 0.3) is 0 Å². The zero-order chi connectivity index (χ0) is 11.8. The maximum atomic E-state index is 11.1. The van der Waals surface area contributed by atoms with Crippen molar-refractivity contribution in [3.8, 4) is 0 Å². The lowest BCUT2D eigenvalue weighted by Gasteiger charge is -2.08. The van der Waals surface area contributed by atoms with Crippen LogP contribution >= 0.6 is 0 Å². The maximum absolute atomic E-state index is 11.1. The summed E-state index contributed by atoms with van der Waals surface area (Å²) in [6, 6.07) is 9.44. The van der Waals surface area contributed by atoms with Gasteiger partial charge >= 0.3 is 0 Å². The highest BCUT2D eigenvalue weighted by Gasteiger charge is 2.04. The smallest absolute Gasteiger partial charge is 0.236 e. The van der Waals surface area contributed by atoms with E-state index in [9.17, 15) is 4.79 Å². The van der Waals surface area contributed by atoms with Crippen LogP contribution in [0, 0.1) is 0 Å². The lowest BCUT2D eigenvalue weighted by atomic mass is 10.2. The number of carbonyl (C=O) groups excluding carboxylic acids is 1. The van der Waals surface area contributed by atoms with E-state index in [1.807, 2.05) is 30.3 Å². The first kappa shape index (κ1) is 12.7. The van der Waals surface area contributed by atoms with Crippen LogP contribution in [0.4, 0.5) is 0 Å². The highest BCUT2D eigenvalue weighted by molar-refractivity contribution is 5.80. The van der Waals surface area contributed by atoms with Crippen LogP contribution in [0.2, 0.25) is 0 Å². The normalized spacial score (nSPS) is 12.1. The third-order valence-electron chi connectivity index (χ3n) is 2.07. The van der Waals surface area contributed by atoms with Crippen LogP contribution in [0.5, 0.6) is 0 Å². The Bertz CT molecular complexity index is 312. The van der Waals surface area contributed by atoms with Gasteiger partial charge in [-0.05, 0) is 12.5 Å². The third-order valence-corrected chi connectivity index (χ3v) is 2.07. The molecule has 0 spiro atoms. The molecule has 1 rings (SSSR count). The SMILES string of the molecule is C[C@H](N)C(=O)NCCOCc1ccccc1. The summed E-state index contributed by atoms with van der Waals surface area (Å²) in [6.07, 6.45) is 0. The van der Waals surface area contributed by atoms with Gasteiger partial charge in [0.25, 0.3) is 0 Å². The number of nitrogens with one attached hydrogen (secondary N) is 1. The first-order valence-corrected chi connectivity index (χ1v) is 5.35. The summed E-state index contributed by atoms with van der Waals surface area (Å²) in [7, 11) is 0. The minimum absolute atomic E-state index is 0.150. The molecule has 0 aliphatic rings. The van der Waals surface area contributed by atoms with E-state index in [1.165, 1.54) is 0 Å². The van der Waals surface area contributed by atoms with Crippen LogP contribution < -0.4 is 11.1 Å². The molecule has 1 aromatic rings. The van der Waals surface area contributed by atoms with Gasteiger partial charge in [0, 0.05) is 6.54 Å². The highest BCUT2D eigenvalue weighted by atomic mass is 16.5. The molecule has 0 saturated carbocycles. The molecule has 0 aromatic heterocycles. The number of amides is 1. The van der Waals surface area contributed by atoms with Crippen molar-refractivity contribution in [3.63, 3.8) is 0 Å². The van der Waals surface area contributed by atoms with Gasteiger partial charge in [-0.3, -0.25) is 4.79 Å². The third kappa shape index (κ3) is 4.91. The van der Waals surface area contributed by atoms with E-state index in [4.69, 9.17) is 10.5 Å². The van der Waals surface area contributed by atoms with E-state index in [0.29, 0.717) is 19.8 Å². The van der Waals surface area contributed by atoms with Crippen LogP contribution in [0.1, 0.15) is 12.5 Å². The largest absolute Gasteiger partial charge is 0.375 e. The average Bonchev–Trinajstić information content (AvgIpc) is 2.29. The molecule has 0 bridgehead atoms. The predicted octanol–water partition coefficient (Wildman–Crippen LogP) is 0.667. The van der Waals surface area contributed by atoms with E-state index in [-0.39, 0.29) is 5.91 Å². The second-order valence-electron chi connectivity index (χ2n) is 3.62. The Morgan fingerprint density at radius 2 is 2.12 bits per heavy atom. The average molecular weight is 222 g/mol. The molecule has 0 aliphatic heterocycles. The Kier molecular flexibility index (Phi) is 5.53. The van der Waals surface area contributed by atoms with Crippen molar-refractivity contribution in [1.82, 2.24) is 5.32 Å². The van der Waals surface area contributed by atoms with Crippen LogP contribution in [-0.2, 0) is 16.1 Å². The topological polar surface area (TPSA) is 64.4 Å². The fraction of sp³-hybridized carbons (Fsp3) is 0.417. The molecule has 16 heavy (non-hydrogen) atoms. The minimum atomic E-state index is -0.464. The molecular formula is C12H18N2O2. The first-order chi connectivity index (χ1) is 7.70. The molecule has 4 heteroatoms. The Balaban J connectivity index is 2.07. The molecule has 1 amide bonds. The first-order valence-electron chi connectivity index (χ1n) is 5.35. The number of rotatable bonds is 6. The zero-order valence-electron chi connectivity index (χ0n) is 9.48. The van der Waals surface area contributed by atoms with E-state index < -0.39 is 6.04 Å². The van der Waals surface area contributed by atoms with Crippen molar-refractivity contribution in [1.29, 1.82) is 0 Å². The highest BCUT2D eigenvalue weighted by Crippen LogP contribution is 1.99. The molecule has 0 fully saturated rings. The summed E-state index contributed by atoms with van der Waals surface area (Å²) in [5.41, 5.74) is 6.51. The second-order valence-corrected chi connectivity index (χ2v) is 3.62. The summed E-state index contributed by atoms with van der Waals surface area (Å²) in [5, 5.41) is 2.68. The van der Waals surface area contributed by atoms with Gasteiger partial charge in [0.05, 0.1) is 19.3 Å². The van der Waals surface area contributed by atoms with Crippen molar-refractivity contribution in [2.45, 2.75) is 19.6 Å². The fourth-order valence-corrected chi connectivity index (χ4v) is 1.17. The number of hydrogen-bond donors (Lipinski definition) is 2. The van der Waals surface area contributed by atoms with Crippen molar-refractivity contribution in [3.05, 3.63) is 35.9 Å². The second kappa shape index (κ2) is 6.98. The maximum Gasteiger partial charge on any atom is 0.236 e. The molecule has 3 N–H and O–H groups in total. The molecule has 0 heterocycles. The predicted molar refractivity (Wildman–Crippen MR) is 62.8 cm³/mol. The molecule has 1 aromatic carbocycles. The molecule has 0 aliphatic carbocycles. The number of carbonyl (C=O) groups is 1. The lowest BCUT2D eigenvalue weighted by Crippen LogP contribution is -2.39. The van der Waals surface area contributed by atoms with Gasteiger partial charge in [-0.25, -0.2) is 0 Å². The molecule has 88 valence electrons. The van der Waals surface area contributed by atoms with Gasteiger partial charge in [-0.2, -0.15) is 0 Å². The van der Waals surface area contributed by atoms with Gasteiger partial charge in [-0.1, -0.05) is 30.3 Å². The van der Waals surface area contributed by atoms with Crippen LogP contribution in [0.15, 0.2) is 30.3 Å². The Morgan fingerprint density at radius 3 is 2.75 bits per heavy atom. The van der Waals surface area contributed by atoms with E-state index in [2.05, 4.69) is 5.32 Å². The van der Waals surface area contributed by atoms with Crippen molar-refractivity contribution < 1.29 is 9.53 Å². The van der Waals surface area contributed by atoms with Crippen molar-refractivity contribution in [2.75, 3.05) is 13.2 Å². The Morgan fingerprint density at radius 1 is 1.44 bits per heavy atom. The van der Waals surface area contributed by atoms with Gasteiger partial charge in [0.2, 0.25) is 5.91 Å². The summed E-state index contributed by atoms with van der Waals surface area (Å²) >= 11 is 0. The van der Waals surface area contributed by atoms with Crippen LogP contribution in [-0.4, -0.2) is 25.1 Å². The van der Waals surface area contributed by atoms with Gasteiger partial charge in [0.1, 0.15) is 0 Å². The molecule has 1 atom stereocenters. The number of benzene rings is 1. The lowest BCUT2D eigenvalue weighted by molar-refractivity contribution is -0.122. The molecule has 0 unspecified atom stereocenters. The van der Waals surface area contributed by atoms with E-state index in [1.54, 1.807) is 6.92 Å². The minimum Gasteiger partial charge on any atom is -0.375 e. The molecule has 0 radical (unpaired) electrons. The Hall–Kier alpha value is -1.39. The Labute approximate surface area is 95.8 Å². The number of ether oxygens (including phenoxy) is 1. The number of hydrogen-bond acceptors (Lipinski definition) is 3. The van der Waals surface area contributed by atoms with Gasteiger partial charge < -0.3 is 15.8 Å². The van der Waals surface area contributed by atoms with E-state index >= 15 is 0 Å². The fourth-order valence-electron chi connectivity index (χ4n) is 1.17. The summed E-state index contributed by atoms with van der Waals surface area (Å²) in [6.45, 7) is 3.20. The van der Waals surface area contributed by atoms with Gasteiger partial charge in [-0.15, -0.1) is 0 Å². The monoisotopic (exact) mass is 222 g/mol. The number of nitrogens with two attached hydrogens (primary N) is 1. The van der Waals surface area contributed by atoms with E-state index in [0.717, 1.165) is 5.56 Å². The molecule has 4 nitrogen and oxygen atoms in total. The van der Waals surface area contributed by atoms with Crippen molar-refractivity contribution in [2.24, 2.45) is 5.73 Å². The molecular weight excluding hydrogens is 204 g/mol. The van der Waals surface area contributed by atoms with Crippen LogP contribution in [0.3, 0.4) is 0 Å². The zero-order valence-corrected chi connectivity index (χ0v) is 9.48. The van der Waals surface area contributed by atoms with Crippen molar-refractivity contribution >= 4 is 5.91 Å². The summed E-state index contributed by atoms with van der Waals surface area (Å²) in [5.74, 6) is -0.150.